The molecule has 0 aromatic heterocycles. The predicted octanol–water partition coefficient (Wildman–Crippen LogP) is 3.47. The molecule has 0 bridgehead atoms. The van der Waals surface area contributed by atoms with Crippen LogP contribution in [-0.2, 0) is 11.3 Å². The summed E-state index contributed by atoms with van der Waals surface area (Å²) in [6.45, 7) is 0.258. The van der Waals surface area contributed by atoms with Crippen molar-refractivity contribution in [3.05, 3.63) is 60.2 Å². The van der Waals surface area contributed by atoms with Gasteiger partial charge in [-0.05, 0) is 17.7 Å². The first-order valence-electron chi connectivity index (χ1n) is 6.29. The Bertz CT molecular complexity index is 569. The molecular weight excluding hydrogens is 254 g/mol. The second-order valence-electron chi connectivity index (χ2n) is 4.30. The maximum atomic E-state index is 12.0. The van der Waals surface area contributed by atoms with Gasteiger partial charge in [-0.15, -0.1) is 0 Å². The van der Waals surface area contributed by atoms with Gasteiger partial charge in [0.25, 0.3) is 0 Å². The summed E-state index contributed by atoms with van der Waals surface area (Å²) in [5.74, 6) is 0.699. The van der Waals surface area contributed by atoms with E-state index in [0.717, 1.165) is 11.3 Å². The second-order valence-corrected chi connectivity index (χ2v) is 4.30. The third-order valence-corrected chi connectivity index (χ3v) is 2.92. The van der Waals surface area contributed by atoms with E-state index in [-0.39, 0.29) is 6.61 Å². The molecule has 4 nitrogen and oxygen atoms in total. The maximum Gasteiger partial charge on any atom is 0.414 e. The van der Waals surface area contributed by atoms with Crippen LogP contribution >= 0.6 is 0 Å². The van der Waals surface area contributed by atoms with E-state index >= 15 is 0 Å². The molecule has 20 heavy (non-hydrogen) atoms. The van der Waals surface area contributed by atoms with E-state index in [4.69, 9.17) is 9.47 Å². The normalized spacial score (nSPS) is 9.90. The van der Waals surface area contributed by atoms with E-state index in [9.17, 15) is 4.79 Å². The zero-order chi connectivity index (χ0) is 14.4. The van der Waals surface area contributed by atoms with Crippen LogP contribution in [0.1, 0.15) is 5.56 Å². The van der Waals surface area contributed by atoms with Crippen molar-refractivity contribution >= 4 is 11.8 Å². The lowest BCUT2D eigenvalue weighted by atomic mass is 10.2. The highest BCUT2D eigenvalue weighted by molar-refractivity contribution is 5.87. The Morgan fingerprint density at radius 3 is 2.55 bits per heavy atom. The first kappa shape index (κ1) is 13.9. The van der Waals surface area contributed by atoms with E-state index in [2.05, 4.69) is 0 Å². The quantitative estimate of drug-likeness (QED) is 0.854. The monoisotopic (exact) mass is 271 g/mol. The number of hydrogen-bond donors (Lipinski definition) is 0. The van der Waals surface area contributed by atoms with E-state index in [1.165, 1.54) is 4.90 Å². The van der Waals surface area contributed by atoms with Crippen molar-refractivity contribution in [2.45, 2.75) is 6.61 Å². The Hall–Kier alpha value is -2.49. The van der Waals surface area contributed by atoms with Gasteiger partial charge in [0.2, 0.25) is 0 Å². The minimum absolute atomic E-state index is 0.258. The Morgan fingerprint density at radius 1 is 1.10 bits per heavy atom. The van der Waals surface area contributed by atoms with Crippen molar-refractivity contribution in [2.24, 2.45) is 0 Å². The van der Waals surface area contributed by atoms with Gasteiger partial charge in [-0.2, -0.15) is 0 Å². The van der Waals surface area contributed by atoms with Gasteiger partial charge < -0.3 is 9.47 Å². The van der Waals surface area contributed by atoms with Crippen LogP contribution in [0, 0.1) is 0 Å². The molecule has 0 aliphatic carbocycles. The molecule has 2 rings (SSSR count). The number of anilines is 1. The van der Waals surface area contributed by atoms with E-state index in [1.807, 2.05) is 48.5 Å². The van der Waals surface area contributed by atoms with Gasteiger partial charge in [-0.1, -0.05) is 36.4 Å². The molecule has 0 N–H and O–H groups in total. The number of hydrogen-bond acceptors (Lipinski definition) is 3. The molecule has 0 atom stereocenters. The van der Waals surface area contributed by atoms with Crippen LogP contribution in [0.15, 0.2) is 54.6 Å². The second kappa shape index (κ2) is 6.61. The lowest BCUT2D eigenvalue weighted by Gasteiger charge is -2.17. The van der Waals surface area contributed by atoms with Crippen molar-refractivity contribution in [3.63, 3.8) is 0 Å². The molecule has 0 heterocycles. The summed E-state index contributed by atoms with van der Waals surface area (Å²) in [4.78, 5) is 13.4. The Morgan fingerprint density at radius 2 is 1.85 bits per heavy atom. The summed E-state index contributed by atoms with van der Waals surface area (Å²) in [5.41, 5.74) is 1.68. The van der Waals surface area contributed by atoms with Crippen LogP contribution in [0.5, 0.6) is 5.75 Å². The minimum atomic E-state index is -0.401. The molecular formula is C16H17NO3. The van der Waals surface area contributed by atoms with Crippen LogP contribution in [-0.4, -0.2) is 20.3 Å². The van der Waals surface area contributed by atoms with Gasteiger partial charge in [0.1, 0.15) is 12.4 Å². The van der Waals surface area contributed by atoms with Gasteiger partial charge in [-0.25, -0.2) is 4.79 Å². The summed E-state index contributed by atoms with van der Waals surface area (Å²) < 4.78 is 10.4. The first-order chi connectivity index (χ1) is 9.70. The molecule has 0 saturated heterocycles. The number of methoxy groups -OCH3 is 1. The fourth-order valence-electron chi connectivity index (χ4n) is 1.74. The maximum absolute atomic E-state index is 12.0. The summed E-state index contributed by atoms with van der Waals surface area (Å²) >= 11 is 0. The third-order valence-electron chi connectivity index (χ3n) is 2.92. The highest BCUT2D eigenvalue weighted by Crippen LogP contribution is 2.20. The summed E-state index contributed by atoms with van der Waals surface area (Å²) in [5, 5.41) is 0. The highest BCUT2D eigenvalue weighted by Gasteiger charge is 2.12. The van der Waals surface area contributed by atoms with Gasteiger partial charge in [0, 0.05) is 13.1 Å². The number of rotatable bonds is 4. The lowest BCUT2D eigenvalue weighted by Crippen LogP contribution is -2.26. The fraction of sp³-hybridized carbons (Fsp3) is 0.188. The van der Waals surface area contributed by atoms with Crippen molar-refractivity contribution in [1.82, 2.24) is 0 Å². The van der Waals surface area contributed by atoms with Crippen molar-refractivity contribution in [3.8, 4) is 5.75 Å². The molecule has 0 radical (unpaired) electrons. The van der Waals surface area contributed by atoms with Gasteiger partial charge in [0.05, 0.1) is 12.8 Å². The van der Waals surface area contributed by atoms with Crippen molar-refractivity contribution < 1.29 is 14.3 Å². The zero-order valence-electron chi connectivity index (χ0n) is 11.6. The first-order valence-corrected chi connectivity index (χ1v) is 6.29. The fourth-order valence-corrected chi connectivity index (χ4v) is 1.74. The number of ether oxygens (including phenoxy) is 2. The van der Waals surface area contributed by atoms with Gasteiger partial charge in [0.15, 0.2) is 0 Å². The average molecular weight is 271 g/mol. The van der Waals surface area contributed by atoms with Crippen LogP contribution in [0.2, 0.25) is 0 Å². The molecule has 0 aliphatic heterocycles. The summed E-state index contributed by atoms with van der Waals surface area (Å²) in [6.07, 6.45) is -0.401. The lowest BCUT2D eigenvalue weighted by molar-refractivity contribution is 0.148. The SMILES string of the molecule is COc1cccc(N(C)C(=O)OCc2ccccc2)c1. The van der Waals surface area contributed by atoms with E-state index in [1.54, 1.807) is 20.2 Å². The highest BCUT2D eigenvalue weighted by atomic mass is 16.6. The van der Waals surface area contributed by atoms with Crippen LogP contribution in [0.3, 0.4) is 0 Å². The molecule has 1 amide bonds. The summed E-state index contributed by atoms with van der Waals surface area (Å²) in [7, 11) is 3.26. The number of carbonyl (C=O) groups excluding carboxylic acids is 1. The molecule has 4 heteroatoms. The molecule has 0 saturated carbocycles. The van der Waals surface area contributed by atoms with Crippen molar-refractivity contribution in [2.75, 3.05) is 19.1 Å². The topological polar surface area (TPSA) is 38.8 Å². The molecule has 0 unspecified atom stereocenters. The number of amides is 1. The number of benzene rings is 2. The standard InChI is InChI=1S/C16H17NO3/c1-17(14-9-6-10-15(11-14)19-2)16(18)20-12-13-7-4-3-5-8-13/h3-11H,12H2,1-2H3. The zero-order valence-corrected chi connectivity index (χ0v) is 11.6. The molecule has 0 spiro atoms. The smallest absolute Gasteiger partial charge is 0.414 e. The summed E-state index contributed by atoms with van der Waals surface area (Å²) in [6, 6.07) is 16.8. The minimum Gasteiger partial charge on any atom is -0.497 e. The van der Waals surface area contributed by atoms with Gasteiger partial charge >= 0.3 is 6.09 Å². The van der Waals surface area contributed by atoms with Gasteiger partial charge in [-0.3, -0.25) is 4.90 Å². The molecule has 2 aromatic rings. The molecule has 0 aliphatic rings. The van der Waals surface area contributed by atoms with Crippen LogP contribution < -0.4 is 9.64 Å². The Kier molecular flexibility index (Phi) is 4.60. The number of carbonyl (C=O) groups is 1. The van der Waals surface area contributed by atoms with Crippen LogP contribution in [0.4, 0.5) is 10.5 Å². The molecule has 2 aromatic carbocycles. The predicted molar refractivity (Wildman–Crippen MR) is 78.0 cm³/mol. The van der Waals surface area contributed by atoms with E-state index < -0.39 is 6.09 Å². The number of nitrogens with zero attached hydrogens (tertiary/aromatic N) is 1. The van der Waals surface area contributed by atoms with E-state index in [0.29, 0.717) is 5.75 Å². The molecule has 104 valence electrons. The van der Waals surface area contributed by atoms with Crippen molar-refractivity contribution in [1.29, 1.82) is 0 Å². The largest absolute Gasteiger partial charge is 0.497 e. The molecule has 0 fully saturated rings. The third kappa shape index (κ3) is 3.51. The Balaban J connectivity index is 1.98. The Labute approximate surface area is 118 Å². The van der Waals surface area contributed by atoms with Crippen LogP contribution in [0.25, 0.3) is 0 Å². The average Bonchev–Trinajstić information content (AvgIpc) is 2.53.